The first-order valence-electron chi connectivity index (χ1n) is 8.75. The lowest BCUT2D eigenvalue weighted by molar-refractivity contribution is 0.247. The molecule has 0 atom stereocenters. The van der Waals surface area contributed by atoms with Crippen LogP contribution in [-0.4, -0.2) is 24.2 Å². The van der Waals surface area contributed by atoms with Crippen molar-refractivity contribution in [1.29, 1.82) is 0 Å². The number of para-hydroxylation sites is 1. The minimum absolute atomic E-state index is 0.275. The van der Waals surface area contributed by atoms with Crippen molar-refractivity contribution in [1.82, 2.24) is 10.3 Å². The number of nitrogens with zero attached hydrogens (tertiary/aromatic N) is 1. The van der Waals surface area contributed by atoms with Gasteiger partial charge in [0.2, 0.25) is 0 Å². The fraction of sp³-hybridized carbons (Fsp3) is 0.238. The van der Waals surface area contributed by atoms with Crippen molar-refractivity contribution in [2.24, 2.45) is 0 Å². The Morgan fingerprint density at radius 1 is 1.12 bits per heavy atom. The normalized spacial score (nSPS) is 10.7. The monoisotopic (exact) mass is 349 g/mol. The molecule has 0 saturated carbocycles. The van der Waals surface area contributed by atoms with E-state index in [1.165, 1.54) is 5.56 Å². The lowest BCUT2D eigenvalue weighted by Crippen LogP contribution is -2.32. The zero-order valence-electron chi connectivity index (χ0n) is 15.0. The number of hydrogen-bond donors (Lipinski definition) is 2. The molecule has 0 spiro atoms. The summed E-state index contributed by atoms with van der Waals surface area (Å²) in [6.45, 7) is 5.11. The highest BCUT2D eigenvalue weighted by Gasteiger charge is 2.06. The van der Waals surface area contributed by atoms with Crippen LogP contribution < -0.4 is 15.4 Å². The molecule has 26 heavy (non-hydrogen) atoms. The molecule has 0 saturated heterocycles. The van der Waals surface area contributed by atoms with E-state index in [-0.39, 0.29) is 6.03 Å². The number of urea groups is 1. The fourth-order valence-corrected chi connectivity index (χ4v) is 2.67. The molecule has 0 aliphatic carbocycles. The van der Waals surface area contributed by atoms with Crippen molar-refractivity contribution < 1.29 is 9.53 Å². The maximum atomic E-state index is 12.1. The summed E-state index contributed by atoms with van der Waals surface area (Å²) in [5.41, 5.74) is 2.69. The van der Waals surface area contributed by atoms with Gasteiger partial charge in [0, 0.05) is 11.6 Å². The first kappa shape index (κ1) is 17.7. The number of carbonyl (C=O) groups excluding carboxylic acids is 1. The molecule has 0 bridgehead atoms. The third kappa shape index (κ3) is 4.51. The second kappa shape index (κ2) is 8.34. The van der Waals surface area contributed by atoms with Crippen LogP contribution in [0, 0.1) is 0 Å². The lowest BCUT2D eigenvalue weighted by atomic mass is 10.0. The van der Waals surface area contributed by atoms with Crippen molar-refractivity contribution in [3.05, 3.63) is 66.4 Å². The number of benzene rings is 2. The lowest BCUT2D eigenvalue weighted by Gasteiger charge is -2.11. The number of anilines is 1. The SMILES string of the molecule is CC(C)c1cccc(OCCNC(=O)Nc2cccc3cccnc23)c1. The molecule has 0 radical (unpaired) electrons. The average molecular weight is 349 g/mol. The van der Waals surface area contributed by atoms with Crippen LogP contribution in [0.1, 0.15) is 25.3 Å². The van der Waals surface area contributed by atoms with E-state index in [1.54, 1.807) is 6.20 Å². The van der Waals surface area contributed by atoms with Gasteiger partial charge in [-0.25, -0.2) is 4.79 Å². The summed E-state index contributed by atoms with van der Waals surface area (Å²) >= 11 is 0. The van der Waals surface area contributed by atoms with Crippen molar-refractivity contribution in [3.63, 3.8) is 0 Å². The Morgan fingerprint density at radius 3 is 2.77 bits per heavy atom. The van der Waals surface area contributed by atoms with Gasteiger partial charge in [-0.3, -0.25) is 4.98 Å². The van der Waals surface area contributed by atoms with Gasteiger partial charge in [0.25, 0.3) is 0 Å². The highest BCUT2D eigenvalue weighted by Crippen LogP contribution is 2.21. The fourth-order valence-electron chi connectivity index (χ4n) is 2.67. The van der Waals surface area contributed by atoms with E-state index >= 15 is 0 Å². The van der Waals surface area contributed by atoms with Gasteiger partial charge in [0.15, 0.2) is 0 Å². The van der Waals surface area contributed by atoms with E-state index in [0.29, 0.717) is 24.8 Å². The molecular weight excluding hydrogens is 326 g/mol. The highest BCUT2D eigenvalue weighted by atomic mass is 16.5. The molecule has 1 aromatic heterocycles. The number of amides is 2. The van der Waals surface area contributed by atoms with Crippen molar-refractivity contribution in [3.8, 4) is 5.75 Å². The molecule has 2 aromatic carbocycles. The molecule has 134 valence electrons. The predicted molar refractivity (Wildman–Crippen MR) is 105 cm³/mol. The van der Waals surface area contributed by atoms with E-state index < -0.39 is 0 Å². The summed E-state index contributed by atoms with van der Waals surface area (Å²) in [5, 5.41) is 6.63. The van der Waals surface area contributed by atoms with Gasteiger partial charge < -0.3 is 15.4 Å². The number of fused-ring (bicyclic) bond motifs is 1. The number of hydrogen-bond acceptors (Lipinski definition) is 3. The second-order valence-electron chi connectivity index (χ2n) is 6.34. The molecule has 3 rings (SSSR count). The van der Waals surface area contributed by atoms with Crippen LogP contribution in [0.15, 0.2) is 60.8 Å². The third-order valence-corrected chi connectivity index (χ3v) is 4.06. The molecule has 5 nitrogen and oxygen atoms in total. The average Bonchev–Trinajstić information content (AvgIpc) is 2.66. The molecule has 0 aliphatic rings. The summed E-state index contributed by atoms with van der Waals surface area (Å²) in [4.78, 5) is 16.4. The molecule has 0 fully saturated rings. The summed E-state index contributed by atoms with van der Waals surface area (Å²) in [7, 11) is 0. The number of rotatable bonds is 6. The smallest absolute Gasteiger partial charge is 0.319 e. The Kier molecular flexibility index (Phi) is 5.69. The maximum Gasteiger partial charge on any atom is 0.319 e. The van der Waals surface area contributed by atoms with Gasteiger partial charge >= 0.3 is 6.03 Å². The van der Waals surface area contributed by atoms with E-state index in [0.717, 1.165) is 16.7 Å². The van der Waals surface area contributed by atoms with Crippen LogP contribution in [0.4, 0.5) is 10.5 Å². The van der Waals surface area contributed by atoms with Gasteiger partial charge in [-0.2, -0.15) is 0 Å². The topological polar surface area (TPSA) is 63.2 Å². The largest absolute Gasteiger partial charge is 0.492 e. The van der Waals surface area contributed by atoms with E-state index in [1.807, 2.05) is 48.5 Å². The van der Waals surface area contributed by atoms with Crippen LogP contribution in [0.2, 0.25) is 0 Å². The Labute approximate surface area is 153 Å². The quantitative estimate of drug-likeness (QED) is 0.641. The number of aromatic nitrogens is 1. The van der Waals surface area contributed by atoms with Crippen LogP contribution in [0.25, 0.3) is 10.9 Å². The van der Waals surface area contributed by atoms with Crippen molar-refractivity contribution >= 4 is 22.6 Å². The van der Waals surface area contributed by atoms with E-state index in [2.05, 4.69) is 35.5 Å². The standard InChI is InChI=1S/C21H23N3O2/c1-15(2)17-7-3-9-18(14-17)26-13-12-23-21(25)24-19-10-4-6-16-8-5-11-22-20(16)19/h3-11,14-15H,12-13H2,1-2H3,(H2,23,24,25). The first-order chi connectivity index (χ1) is 12.6. The van der Waals surface area contributed by atoms with Crippen LogP contribution in [0.5, 0.6) is 5.75 Å². The minimum atomic E-state index is -0.275. The molecule has 2 amide bonds. The van der Waals surface area contributed by atoms with Crippen molar-refractivity contribution in [2.75, 3.05) is 18.5 Å². The van der Waals surface area contributed by atoms with Gasteiger partial charge in [-0.15, -0.1) is 0 Å². The summed E-state index contributed by atoms with van der Waals surface area (Å²) in [6, 6.07) is 17.3. The molecule has 0 aliphatic heterocycles. The molecule has 5 heteroatoms. The zero-order valence-corrected chi connectivity index (χ0v) is 15.0. The Hall–Kier alpha value is -3.08. The summed E-state index contributed by atoms with van der Waals surface area (Å²) in [6.07, 6.45) is 1.71. The Bertz CT molecular complexity index is 888. The van der Waals surface area contributed by atoms with E-state index in [9.17, 15) is 4.79 Å². The Balaban J connectivity index is 1.49. The predicted octanol–water partition coefficient (Wildman–Crippen LogP) is 4.56. The maximum absolute atomic E-state index is 12.1. The Morgan fingerprint density at radius 2 is 1.92 bits per heavy atom. The molecule has 0 unspecified atom stereocenters. The summed E-state index contributed by atoms with van der Waals surface area (Å²) < 4.78 is 5.71. The third-order valence-electron chi connectivity index (χ3n) is 4.06. The molecule has 1 heterocycles. The molecule has 3 aromatic rings. The second-order valence-corrected chi connectivity index (χ2v) is 6.34. The number of ether oxygens (including phenoxy) is 1. The number of nitrogens with one attached hydrogen (secondary N) is 2. The number of carbonyl (C=O) groups is 1. The van der Waals surface area contributed by atoms with E-state index in [4.69, 9.17) is 4.74 Å². The highest BCUT2D eigenvalue weighted by molar-refractivity contribution is 5.99. The van der Waals surface area contributed by atoms with Gasteiger partial charge in [-0.1, -0.05) is 44.2 Å². The number of pyridine rings is 1. The van der Waals surface area contributed by atoms with Crippen LogP contribution >= 0.6 is 0 Å². The first-order valence-corrected chi connectivity index (χ1v) is 8.75. The van der Waals surface area contributed by atoms with Crippen molar-refractivity contribution in [2.45, 2.75) is 19.8 Å². The van der Waals surface area contributed by atoms with Gasteiger partial charge in [0.1, 0.15) is 12.4 Å². The van der Waals surface area contributed by atoms with Crippen LogP contribution in [0.3, 0.4) is 0 Å². The van der Waals surface area contributed by atoms with Gasteiger partial charge in [-0.05, 0) is 35.7 Å². The zero-order chi connectivity index (χ0) is 18.4. The minimum Gasteiger partial charge on any atom is -0.492 e. The van der Waals surface area contributed by atoms with Crippen LogP contribution in [-0.2, 0) is 0 Å². The molecule has 2 N–H and O–H groups in total. The van der Waals surface area contributed by atoms with Gasteiger partial charge in [0.05, 0.1) is 17.7 Å². The summed E-state index contributed by atoms with van der Waals surface area (Å²) in [5.74, 6) is 1.27. The molecular formula is C21H23N3O2.